The molecule has 0 unspecified atom stereocenters. The molecule has 0 heterocycles. The van der Waals surface area contributed by atoms with Crippen molar-refractivity contribution in [3.8, 4) is 11.5 Å². The summed E-state index contributed by atoms with van der Waals surface area (Å²) in [5.74, 6) is 0.488. The van der Waals surface area contributed by atoms with Gasteiger partial charge in [-0.3, -0.25) is 9.59 Å². The van der Waals surface area contributed by atoms with E-state index in [-0.39, 0.29) is 52.4 Å². The number of rotatable bonds is 8. The van der Waals surface area contributed by atoms with Crippen LogP contribution in [-0.2, 0) is 13.0 Å². The van der Waals surface area contributed by atoms with E-state index in [9.17, 15) is 14.7 Å². The van der Waals surface area contributed by atoms with Gasteiger partial charge in [0.1, 0.15) is 17.8 Å². The van der Waals surface area contributed by atoms with E-state index in [2.05, 4.69) is 58.9 Å². The first-order valence-electron chi connectivity index (χ1n) is 17.4. The van der Waals surface area contributed by atoms with Crippen LogP contribution in [0.25, 0.3) is 0 Å². The number of benzene rings is 4. The van der Waals surface area contributed by atoms with E-state index < -0.39 is 0 Å². The van der Waals surface area contributed by atoms with E-state index in [0.29, 0.717) is 17.6 Å². The summed E-state index contributed by atoms with van der Waals surface area (Å²) in [5.41, 5.74) is 12.6. The minimum absolute atomic E-state index is 0. The third-order valence-corrected chi connectivity index (χ3v) is 7.53. The maximum Gasteiger partial charge on any atom is 2.00 e. The Morgan fingerprint density at radius 3 is 1.42 bits per heavy atom. The number of aldehydes is 2. The fraction of sp³-hybridized carbons (Fsp3) is 0.326. The molecule has 0 amide bonds. The molecule has 0 aliphatic rings. The monoisotopic (exact) mass is 796 g/mol. The largest absolute Gasteiger partial charge is 2.00 e. The van der Waals surface area contributed by atoms with Crippen LogP contribution in [0.5, 0.6) is 11.5 Å². The number of aromatic hydroxyl groups is 2. The van der Waals surface area contributed by atoms with Crippen LogP contribution in [0.1, 0.15) is 112 Å². The number of hydrogen-bond acceptors (Lipinski definition) is 5. The average molecular weight is 798 g/mol. The molecule has 5 nitrogen and oxygen atoms in total. The number of allylic oxidation sites excluding steroid dienone is 4. The molecule has 0 aliphatic carbocycles. The van der Waals surface area contributed by atoms with Crippen molar-refractivity contribution in [2.24, 2.45) is 0 Å². The quantitative estimate of drug-likeness (QED) is 0.0550. The Bertz CT molecular complexity index is 1650. The fourth-order valence-electron chi connectivity index (χ4n) is 4.59. The summed E-state index contributed by atoms with van der Waals surface area (Å²) in [7, 11) is 0. The number of unbranched alkanes of at least 4 members (excludes halogenated alkanes) is 1. The number of halogens is 1. The fourth-order valence-corrected chi connectivity index (χ4v) is 4.59. The molecule has 7 heteroatoms. The third kappa shape index (κ3) is 25.2. The number of aliphatic hydroxyl groups is 1. The van der Waals surface area contributed by atoms with Crippen LogP contribution in [0.15, 0.2) is 96.1 Å². The van der Waals surface area contributed by atoms with Gasteiger partial charge in [0.15, 0.2) is 6.29 Å². The van der Waals surface area contributed by atoms with Gasteiger partial charge in [-0.15, -0.1) is 6.08 Å². The van der Waals surface area contributed by atoms with Crippen LogP contribution in [0.4, 0.5) is 0 Å². The summed E-state index contributed by atoms with van der Waals surface area (Å²) >= 11 is 0. The molecule has 0 aromatic heterocycles. The van der Waals surface area contributed by atoms with Crippen molar-refractivity contribution in [3.05, 3.63) is 159 Å². The van der Waals surface area contributed by atoms with E-state index in [4.69, 9.17) is 10.2 Å². The molecule has 4 aromatic carbocycles. The zero-order valence-corrected chi connectivity index (χ0v) is 36.7. The number of aryl methyl sites for hydroxylation is 7. The Balaban J connectivity index is -0.000000599. The van der Waals surface area contributed by atoms with E-state index in [1.165, 1.54) is 27.8 Å². The van der Waals surface area contributed by atoms with Gasteiger partial charge in [0.05, 0.1) is 12.2 Å². The van der Waals surface area contributed by atoms with Gasteiger partial charge in [-0.25, -0.2) is 0 Å². The molecule has 4 rings (SSSR count). The molecule has 0 atom stereocenters. The van der Waals surface area contributed by atoms with Crippen LogP contribution in [-0.4, -0.2) is 50.9 Å². The minimum Gasteiger partial charge on any atom is -1.00 e. The van der Waals surface area contributed by atoms with Crippen LogP contribution in [0, 0.1) is 48.5 Å². The predicted molar refractivity (Wildman–Crippen MR) is 222 cm³/mol. The molecule has 0 saturated carbocycles. The Labute approximate surface area is 347 Å². The topological polar surface area (TPSA) is 94.8 Å². The minimum atomic E-state index is 0. The zero-order chi connectivity index (χ0) is 38.9. The molecular formula is C46H61BrMgO5. The van der Waals surface area contributed by atoms with Crippen molar-refractivity contribution in [3.63, 3.8) is 0 Å². The maximum atomic E-state index is 10.3. The van der Waals surface area contributed by atoms with Crippen molar-refractivity contribution >= 4 is 35.6 Å². The van der Waals surface area contributed by atoms with E-state index in [0.717, 1.165) is 65.4 Å². The molecule has 0 fully saturated rings. The summed E-state index contributed by atoms with van der Waals surface area (Å²) in [6, 6.07) is 22.7. The van der Waals surface area contributed by atoms with Crippen LogP contribution < -0.4 is 17.0 Å². The van der Waals surface area contributed by atoms with E-state index in [1.54, 1.807) is 18.2 Å². The number of hydrogen-bond donors (Lipinski definition) is 3. The normalized spacial score (nSPS) is 9.13. The van der Waals surface area contributed by atoms with Crippen molar-refractivity contribution in [1.29, 1.82) is 0 Å². The van der Waals surface area contributed by atoms with Gasteiger partial charge >= 0.3 is 23.1 Å². The smallest absolute Gasteiger partial charge is 1.00 e. The Kier molecular flexibility index (Phi) is 31.4. The third-order valence-electron chi connectivity index (χ3n) is 7.53. The Hall–Kier alpha value is -3.49. The molecule has 284 valence electrons. The van der Waals surface area contributed by atoms with E-state index >= 15 is 0 Å². The van der Waals surface area contributed by atoms with Crippen LogP contribution >= 0.6 is 0 Å². The second kappa shape index (κ2) is 30.9. The van der Waals surface area contributed by atoms with Crippen molar-refractivity contribution in [2.75, 3.05) is 0 Å². The summed E-state index contributed by atoms with van der Waals surface area (Å²) < 4.78 is 0. The van der Waals surface area contributed by atoms with Gasteiger partial charge in [0.2, 0.25) is 0 Å². The van der Waals surface area contributed by atoms with E-state index in [1.807, 2.05) is 84.0 Å². The molecule has 0 radical (unpaired) electrons. The SMILES string of the molecule is CC(C)=CCCCc1ccc(C)cc1O.Cc1ccc(C=O)c(C)c1.Cc1ccc(C=O)c(O)c1.Cc1ccc(CO)c(C)c1.[Br-].[CH2-]CC=C(C)C.[Mg+2]. The number of phenolic OH excluding ortho intramolecular Hbond substituents is 2. The first-order chi connectivity index (χ1) is 24.1. The Morgan fingerprint density at radius 2 is 1.04 bits per heavy atom. The van der Waals surface area contributed by atoms with Crippen molar-refractivity contribution in [1.82, 2.24) is 0 Å². The molecule has 0 spiro atoms. The van der Waals surface area contributed by atoms with Gasteiger partial charge < -0.3 is 39.2 Å². The summed E-state index contributed by atoms with van der Waals surface area (Å²) in [5, 5.41) is 27.6. The predicted octanol–water partition coefficient (Wildman–Crippen LogP) is 8.21. The molecule has 0 bridgehead atoms. The first kappa shape index (κ1) is 53.9. The zero-order valence-electron chi connectivity index (χ0n) is 33.7. The number of phenols is 2. The Morgan fingerprint density at radius 1 is 0.604 bits per heavy atom. The summed E-state index contributed by atoms with van der Waals surface area (Å²) in [6.45, 7) is 24.0. The molecule has 0 saturated heterocycles. The second-order valence-corrected chi connectivity index (χ2v) is 13.1. The molecule has 53 heavy (non-hydrogen) atoms. The van der Waals surface area contributed by atoms with Crippen LogP contribution in [0.2, 0.25) is 0 Å². The number of carbonyl (C=O) groups is 2. The summed E-state index contributed by atoms with van der Waals surface area (Å²) in [6.07, 6.45) is 9.92. The molecule has 0 aliphatic heterocycles. The summed E-state index contributed by atoms with van der Waals surface area (Å²) in [4.78, 5) is 20.5. The van der Waals surface area contributed by atoms with Gasteiger partial charge in [0, 0.05) is 5.56 Å². The standard InChI is InChI=1S/C14H20O.C9H12O.C9H10O.C8H8O2.C6H11.BrH.Mg/c1-11(2)6-4-5-7-13-9-8-12(3)10-14(13)15;2*1-7-3-4-9(6-10)8(2)5-7;1-6-2-3-7(5-9)8(10)4-6;1-4-5-6(2)3;;/h6,8-10,15H,4-5,7H2,1-3H3;3-5,10H,6H2,1-2H3;3-6H,1-2H3;2-5,10H,1H3;5H,1,4H2,2-3H3;1H;/q;;;;-1;;+2/p-1. The van der Waals surface area contributed by atoms with Gasteiger partial charge in [-0.1, -0.05) is 82.9 Å². The molecule has 3 N–H and O–H groups in total. The number of aliphatic hydroxyl groups excluding tert-OH is 1. The van der Waals surface area contributed by atoms with Crippen molar-refractivity contribution < 1.29 is 41.9 Å². The maximum absolute atomic E-state index is 10.3. The first-order valence-corrected chi connectivity index (χ1v) is 17.4. The number of carbonyl (C=O) groups excluding carboxylic acids is 2. The van der Waals surface area contributed by atoms with Gasteiger partial charge in [-0.2, -0.15) is 6.42 Å². The van der Waals surface area contributed by atoms with Crippen molar-refractivity contribution in [2.45, 2.75) is 102 Å². The van der Waals surface area contributed by atoms with Gasteiger partial charge in [0.25, 0.3) is 0 Å². The van der Waals surface area contributed by atoms with Gasteiger partial charge in [-0.05, 0) is 140 Å². The molecular weight excluding hydrogens is 737 g/mol. The average Bonchev–Trinajstić information content (AvgIpc) is 3.05. The second-order valence-electron chi connectivity index (χ2n) is 13.1. The van der Waals surface area contributed by atoms with Crippen LogP contribution in [0.3, 0.4) is 0 Å². The molecule has 4 aromatic rings.